The number of para-hydroxylation sites is 3. The van der Waals surface area contributed by atoms with Crippen LogP contribution in [0.15, 0.2) is 140 Å². The van der Waals surface area contributed by atoms with Crippen molar-refractivity contribution in [3.63, 3.8) is 0 Å². The third-order valence-corrected chi connectivity index (χ3v) is 10.0. The molecule has 1 aliphatic rings. The molecule has 0 spiro atoms. The van der Waals surface area contributed by atoms with Crippen LogP contribution >= 0.6 is 0 Å². The highest BCUT2D eigenvalue weighted by atomic mass is 16.4. The minimum Gasteiger partial charge on any atom is -0.480 e. The smallest absolute Gasteiger partial charge is 0.321 e. The van der Waals surface area contributed by atoms with Crippen molar-refractivity contribution in [2.75, 3.05) is 0 Å². The lowest BCUT2D eigenvalue weighted by atomic mass is 9.91. The number of carboxylic acid groups (broad SMARTS) is 2. The zero-order valence-electron chi connectivity index (χ0n) is 30.1. The summed E-state index contributed by atoms with van der Waals surface area (Å²) < 4.78 is 0. The second-order valence-corrected chi connectivity index (χ2v) is 13.5. The van der Waals surface area contributed by atoms with E-state index >= 15 is 0 Å². The van der Waals surface area contributed by atoms with Crippen molar-refractivity contribution in [1.29, 1.82) is 0 Å². The van der Waals surface area contributed by atoms with E-state index in [9.17, 15) is 14.7 Å². The molecule has 12 nitrogen and oxygen atoms in total. The van der Waals surface area contributed by atoms with Crippen LogP contribution in [0.4, 0.5) is 0 Å². The molecule has 0 aliphatic carbocycles. The number of rotatable bonds is 6. The molecular weight excluding hydrogens is 705 g/mol. The van der Waals surface area contributed by atoms with Gasteiger partial charge in [-0.05, 0) is 59.2 Å². The Morgan fingerprint density at radius 3 is 2.11 bits per heavy atom. The van der Waals surface area contributed by atoms with Gasteiger partial charge in [-0.25, -0.2) is 0 Å². The zero-order chi connectivity index (χ0) is 38.6. The molecule has 8 N–H and O–H groups in total. The Morgan fingerprint density at radius 1 is 0.732 bits per heavy atom. The number of carbonyl (C=O) groups is 2. The second-order valence-electron chi connectivity index (χ2n) is 13.5. The predicted octanol–water partition coefficient (Wildman–Crippen LogP) is 7.15. The summed E-state index contributed by atoms with van der Waals surface area (Å²) in [6, 6.07) is 32.3. The normalized spacial score (nSPS) is 15.4. The zero-order valence-corrected chi connectivity index (χ0v) is 30.1. The molecule has 56 heavy (non-hydrogen) atoms. The molecule has 0 saturated heterocycles. The van der Waals surface area contributed by atoms with Crippen LogP contribution in [-0.2, 0) is 22.4 Å². The number of hydrogen-bond donors (Lipinski definition) is 7. The summed E-state index contributed by atoms with van der Waals surface area (Å²) in [5.41, 5.74) is 15.7. The maximum Gasteiger partial charge on any atom is 0.321 e. The number of aliphatic carboxylic acids is 2. The average molecular weight is 743 g/mol. The molecule has 6 aromatic heterocycles. The van der Waals surface area contributed by atoms with Gasteiger partial charge in [-0.2, -0.15) is 0 Å². The van der Waals surface area contributed by atoms with E-state index in [-0.39, 0.29) is 6.04 Å². The van der Waals surface area contributed by atoms with E-state index in [0.717, 1.165) is 66.5 Å². The summed E-state index contributed by atoms with van der Waals surface area (Å²) in [5, 5.41) is 25.9. The molecule has 7 heterocycles. The Hall–Kier alpha value is -7.15. The highest BCUT2D eigenvalue weighted by Crippen LogP contribution is 2.35. The molecule has 0 amide bonds. The Balaban J connectivity index is 0.000000120. The van der Waals surface area contributed by atoms with Gasteiger partial charge in [-0.15, -0.1) is 0 Å². The van der Waals surface area contributed by atoms with E-state index in [0.29, 0.717) is 12.8 Å². The molecule has 3 unspecified atom stereocenters. The van der Waals surface area contributed by atoms with Crippen molar-refractivity contribution < 1.29 is 19.8 Å². The van der Waals surface area contributed by atoms with E-state index in [1.54, 1.807) is 18.6 Å². The van der Waals surface area contributed by atoms with Crippen LogP contribution < -0.4 is 11.1 Å². The van der Waals surface area contributed by atoms with Gasteiger partial charge in [-0.1, -0.05) is 60.7 Å². The summed E-state index contributed by atoms with van der Waals surface area (Å²) in [4.78, 5) is 44.9. The van der Waals surface area contributed by atoms with Crippen molar-refractivity contribution in [3.05, 3.63) is 163 Å². The van der Waals surface area contributed by atoms with Crippen LogP contribution in [-0.4, -0.2) is 64.1 Å². The molecule has 12 heteroatoms. The first-order valence-electron chi connectivity index (χ1n) is 18.1. The first-order valence-corrected chi connectivity index (χ1v) is 18.1. The Labute approximate surface area is 320 Å². The summed E-state index contributed by atoms with van der Waals surface area (Å²) >= 11 is 0. The van der Waals surface area contributed by atoms with E-state index in [2.05, 4.69) is 53.4 Å². The standard InChI is InChI=1S/C17H15N3O2.C16H11N3.C11H12N2O2/c21-17(22)14-8-12-11-5-1-2-6-13(11)19-16(12)15(20-14)10-4-3-7-18-9-10;1-2-6-14-12(5-1)13-7-9-18-15(16(13)19-14)11-4-3-8-17-10-11;12-9(11(14)15)5-7-6-13-10-4-2-1-3-8(7)10/h1-7,9,14-15,19-20H,8H2,(H,21,22);1-10,19H;1-4,6,9,13H,5,12H2,(H,14,15). The molecule has 0 radical (unpaired) electrons. The van der Waals surface area contributed by atoms with Gasteiger partial charge in [0.25, 0.3) is 0 Å². The fourth-order valence-electron chi connectivity index (χ4n) is 7.32. The Morgan fingerprint density at radius 2 is 1.41 bits per heavy atom. The maximum atomic E-state index is 11.5. The fourth-order valence-corrected chi connectivity index (χ4v) is 7.32. The number of nitrogens with two attached hydrogens (primary N) is 1. The predicted molar refractivity (Wildman–Crippen MR) is 217 cm³/mol. The first kappa shape index (κ1) is 35.9. The summed E-state index contributed by atoms with van der Waals surface area (Å²) in [7, 11) is 0. The molecule has 0 bridgehead atoms. The fraction of sp³-hybridized carbons (Fsp3) is 0.114. The van der Waals surface area contributed by atoms with Crippen LogP contribution in [0.3, 0.4) is 0 Å². The summed E-state index contributed by atoms with van der Waals surface area (Å²) in [6.07, 6.45) is 11.6. The van der Waals surface area contributed by atoms with E-state index < -0.39 is 24.0 Å². The molecule has 3 atom stereocenters. The average Bonchev–Trinajstić information content (AvgIpc) is 3.95. The molecule has 3 aromatic carbocycles. The minimum absolute atomic E-state index is 0.189. The lowest BCUT2D eigenvalue weighted by Gasteiger charge is -2.29. The number of fused-ring (bicyclic) bond motifs is 7. The van der Waals surface area contributed by atoms with Gasteiger partial charge < -0.3 is 30.9 Å². The molecule has 9 aromatic rings. The number of nitrogens with one attached hydrogen (secondary N) is 4. The van der Waals surface area contributed by atoms with Crippen molar-refractivity contribution in [2.24, 2.45) is 5.73 Å². The number of benzene rings is 3. The van der Waals surface area contributed by atoms with Gasteiger partial charge in [0.1, 0.15) is 12.1 Å². The monoisotopic (exact) mass is 742 g/mol. The van der Waals surface area contributed by atoms with Crippen molar-refractivity contribution in [2.45, 2.75) is 31.0 Å². The minimum atomic E-state index is -0.972. The Bertz CT molecular complexity index is 2790. The van der Waals surface area contributed by atoms with Gasteiger partial charge in [0.05, 0.1) is 17.3 Å². The number of aromatic nitrogens is 6. The highest BCUT2D eigenvalue weighted by molar-refractivity contribution is 6.10. The molecule has 1 aliphatic heterocycles. The van der Waals surface area contributed by atoms with Crippen LogP contribution in [0.1, 0.15) is 28.4 Å². The number of aromatic amines is 3. The van der Waals surface area contributed by atoms with Crippen LogP contribution in [0.25, 0.3) is 54.9 Å². The molecule has 10 rings (SSSR count). The van der Waals surface area contributed by atoms with Crippen LogP contribution in [0, 0.1) is 0 Å². The second kappa shape index (κ2) is 15.7. The molecule has 278 valence electrons. The van der Waals surface area contributed by atoms with Crippen LogP contribution in [0.2, 0.25) is 0 Å². The third-order valence-electron chi connectivity index (χ3n) is 10.0. The van der Waals surface area contributed by atoms with Crippen LogP contribution in [0.5, 0.6) is 0 Å². The quantitative estimate of drug-likeness (QED) is 0.0925. The van der Waals surface area contributed by atoms with E-state index in [1.807, 2.05) is 104 Å². The maximum absolute atomic E-state index is 11.5. The van der Waals surface area contributed by atoms with Crippen molar-refractivity contribution in [1.82, 2.24) is 35.2 Å². The van der Waals surface area contributed by atoms with Crippen molar-refractivity contribution in [3.8, 4) is 11.3 Å². The van der Waals surface area contributed by atoms with E-state index in [4.69, 9.17) is 10.8 Å². The number of nitrogens with zero attached hydrogens (tertiary/aromatic N) is 3. The SMILES string of the molecule is NC(Cc1c[nH]c2ccccc12)C(=O)O.O=C(O)C1Cc2c([nH]c3ccccc23)C(c2cccnc2)N1.c1cncc(-c2nccc3c2[nH]c2ccccc23)c1. The topological polar surface area (TPSA) is 199 Å². The number of H-pyrrole nitrogens is 3. The number of carboxylic acids is 2. The third kappa shape index (κ3) is 7.21. The van der Waals surface area contributed by atoms with Gasteiger partial charge in [-0.3, -0.25) is 29.9 Å². The highest BCUT2D eigenvalue weighted by Gasteiger charge is 2.33. The molecule has 0 saturated carbocycles. The van der Waals surface area contributed by atoms with Gasteiger partial charge in [0, 0.05) is 99.4 Å². The summed E-state index contributed by atoms with van der Waals surface area (Å²) in [6.45, 7) is 0. The first-order chi connectivity index (χ1) is 27.4. The molecular formula is C44H38N8O4. The van der Waals surface area contributed by atoms with Crippen molar-refractivity contribution >= 4 is 55.6 Å². The van der Waals surface area contributed by atoms with E-state index in [1.165, 1.54) is 10.8 Å². The van der Waals surface area contributed by atoms with Gasteiger partial charge in [0.15, 0.2) is 0 Å². The number of pyridine rings is 3. The summed E-state index contributed by atoms with van der Waals surface area (Å²) in [5.74, 6) is -1.80. The number of hydrogen-bond acceptors (Lipinski definition) is 7. The molecule has 0 fully saturated rings. The largest absolute Gasteiger partial charge is 0.480 e. The van der Waals surface area contributed by atoms with Gasteiger partial charge >= 0.3 is 11.9 Å². The lowest BCUT2D eigenvalue weighted by Crippen LogP contribution is -2.44. The lowest BCUT2D eigenvalue weighted by molar-refractivity contribution is -0.140. The Kier molecular flexibility index (Phi) is 10.0. The van der Waals surface area contributed by atoms with Gasteiger partial charge in [0.2, 0.25) is 0 Å².